The number of hydrogen-bond donors (Lipinski definition) is 1. The molecule has 0 aliphatic carbocycles. The number of benzene rings is 1. The first kappa shape index (κ1) is 27.6. The number of aromatic nitrogens is 2. The number of anilines is 2. The van der Waals surface area contributed by atoms with Crippen molar-refractivity contribution < 1.29 is 28.2 Å². The van der Waals surface area contributed by atoms with E-state index in [4.69, 9.17) is 14.2 Å². The van der Waals surface area contributed by atoms with Crippen LogP contribution >= 0.6 is 0 Å². The Kier molecular flexibility index (Phi) is 8.08. The molecule has 1 fully saturated rings. The van der Waals surface area contributed by atoms with Crippen molar-refractivity contribution in [1.29, 1.82) is 0 Å². The molecule has 3 heterocycles. The lowest BCUT2D eigenvalue weighted by atomic mass is 10.0. The van der Waals surface area contributed by atoms with E-state index in [9.17, 15) is 14.0 Å². The number of carbonyl (C=O) groups excluding carboxylic acids is 2. The minimum absolute atomic E-state index is 0.0209. The van der Waals surface area contributed by atoms with Gasteiger partial charge in [0.15, 0.2) is 23.2 Å². The molecule has 2 aromatic rings. The molecule has 10 nitrogen and oxygen atoms in total. The van der Waals surface area contributed by atoms with Crippen LogP contribution in [0.5, 0.6) is 5.75 Å². The summed E-state index contributed by atoms with van der Waals surface area (Å²) in [7, 11) is 3.47. The van der Waals surface area contributed by atoms with E-state index in [1.165, 1.54) is 17.0 Å². The minimum Gasteiger partial charge on any atom is -0.456 e. The van der Waals surface area contributed by atoms with Gasteiger partial charge in [-0.1, -0.05) is 19.9 Å². The minimum atomic E-state index is -0.754. The summed E-state index contributed by atoms with van der Waals surface area (Å²) in [6, 6.07) is 5.78. The van der Waals surface area contributed by atoms with Gasteiger partial charge in [-0.2, -0.15) is 5.10 Å². The SMILES string of the molecule is CC(C)C[C@@H](C(=O)Nc1ccn(C[C@@H]2COC(C)(C)O2)n1)N1CC(Oc2cccc(N(C)C)c2F)=CC1=O. The highest BCUT2D eigenvalue weighted by Gasteiger charge is 2.36. The zero-order valence-corrected chi connectivity index (χ0v) is 22.7. The van der Waals surface area contributed by atoms with E-state index < -0.39 is 17.6 Å². The standard InChI is InChI=1S/C27H36FN5O5/c1-17(2)12-21(26(35)29-23-10-11-32(30-23)14-19-16-36-27(3,4)38-19)33-15-18(13-24(33)34)37-22-9-7-8-20(25(22)28)31(5)6/h7-11,13,17,19,21H,12,14-16H2,1-6H3,(H,29,30,35)/t19-,21+/m1/s1. The molecule has 1 N–H and O–H groups in total. The Hall–Kier alpha value is -3.44. The lowest BCUT2D eigenvalue weighted by molar-refractivity contribution is -0.139. The molecule has 0 spiro atoms. The number of halogens is 1. The van der Waals surface area contributed by atoms with Gasteiger partial charge < -0.3 is 29.3 Å². The summed E-state index contributed by atoms with van der Waals surface area (Å²) in [4.78, 5) is 29.3. The predicted molar refractivity (Wildman–Crippen MR) is 140 cm³/mol. The normalized spacial score (nSPS) is 19.6. The van der Waals surface area contributed by atoms with Gasteiger partial charge in [0.25, 0.3) is 5.91 Å². The van der Waals surface area contributed by atoms with Crippen LogP contribution in [0.4, 0.5) is 15.9 Å². The summed E-state index contributed by atoms with van der Waals surface area (Å²) in [5.74, 6) is -1.05. The van der Waals surface area contributed by atoms with E-state index in [0.29, 0.717) is 31.1 Å². The molecule has 1 saturated heterocycles. The molecule has 0 radical (unpaired) electrons. The highest BCUT2D eigenvalue weighted by Crippen LogP contribution is 2.30. The maximum Gasteiger partial charge on any atom is 0.251 e. The summed E-state index contributed by atoms with van der Waals surface area (Å²) >= 11 is 0. The van der Waals surface area contributed by atoms with Crippen molar-refractivity contribution >= 4 is 23.3 Å². The Morgan fingerprint density at radius 3 is 2.74 bits per heavy atom. The first-order valence-corrected chi connectivity index (χ1v) is 12.7. The molecule has 1 aromatic heterocycles. The van der Waals surface area contributed by atoms with Gasteiger partial charge >= 0.3 is 0 Å². The molecule has 0 saturated carbocycles. The molecule has 2 aliphatic heterocycles. The van der Waals surface area contributed by atoms with Crippen LogP contribution < -0.4 is 15.0 Å². The maximum absolute atomic E-state index is 14.9. The molecule has 2 atom stereocenters. The van der Waals surface area contributed by atoms with Gasteiger partial charge in [-0.25, -0.2) is 4.39 Å². The largest absolute Gasteiger partial charge is 0.456 e. The van der Waals surface area contributed by atoms with Crippen LogP contribution in [0.1, 0.15) is 34.1 Å². The van der Waals surface area contributed by atoms with Crippen molar-refractivity contribution in [2.45, 2.75) is 58.6 Å². The molecular weight excluding hydrogens is 493 g/mol. The average molecular weight is 530 g/mol. The fourth-order valence-electron chi connectivity index (χ4n) is 4.53. The van der Waals surface area contributed by atoms with Crippen LogP contribution in [0.2, 0.25) is 0 Å². The van der Waals surface area contributed by atoms with E-state index in [2.05, 4.69) is 10.4 Å². The van der Waals surface area contributed by atoms with Crippen molar-refractivity contribution in [1.82, 2.24) is 14.7 Å². The van der Waals surface area contributed by atoms with Crippen LogP contribution in [0, 0.1) is 11.7 Å². The molecule has 38 heavy (non-hydrogen) atoms. The molecular formula is C27H36FN5O5. The second-order valence-corrected chi connectivity index (χ2v) is 10.7. The van der Waals surface area contributed by atoms with Crippen LogP contribution in [0.25, 0.3) is 0 Å². The molecule has 11 heteroatoms. The molecule has 206 valence electrons. The van der Waals surface area contributed by atoms with Crippen LogP contribution in [0.15, 0.2) is 42.3 Å². The molecule has 2 aliphatic rings. The van der Waals surface area contributed by atoms with Gasteiger partial charge in [-0.05, 0) is 38.3 Å². The second-order valence-electron chi connectivity index (χ2n) is 10.7. The molecule has 4 rings (SSSR count). The van der Waals surface area contributed by atoms with E-state index >= 15 is 0 Å². The van der Waals surface area contributed by atoms with Crippen molar-refractivity contribution in [3.05, 3.63) is 48.1 Å². The number of rotatable bonds is 10. The smallest absolute Gasteiger partial charge is 0.251 e. The van der Waals surface area contributed by atoms with Gasteiger partial charge in [0.2, 0.25) is 5.91 Å². The van der Waals surface area contributed by atoms with Gasteiger partial charge in [-0.3, -0.25) is 14.3 Å². The fraction of sp³-hybridized carbons (Fsp3) is 0.519. The lowest BCUT2D eigenvalue weighted by Crippen LogP contribution is -2.46. The third-order valence-corrected chi connectivity index (χ3v) is 6.28. The van der Waals surface area contributed by atoms with E-state index in [1.807, 2.05) is 27.7 Å². The first-order chi connectivity index (χ1) is 17.9. The van der Waals surface area contributed by atoms with E-state index in [1.54, 1.807) is 48.1 Å². The third-order valence-electron chi connectivity index (χ3n) is 6.28. The Bertz CT molecular complexity index is 1210. The van der Waals surface area contributed by atoms with Gasteiger partial charge in [0.1, 0.15) is 17.9 Å². The highest BCUT2D eigenvalue weighted by atomic mass is 19.1. The molecule has 1 aromatic carbocycles. The van der Waals surface area contributed by atoms with Gasteiger partial charge in [0.05, 0.1) is 25.4 Å². The summed E-state index contributed by atoms with van der Waals surface area (Å²) in [5, 5.41) is 7.27. The number of nitrogens with one attached hydrogen (secondary N) is 1. The quantitative estimate of drug-likeness (QED) is 0.504. The van der Waals surface area contributed by atoms with Crippen LogP contribution in [0.3, 0.4) is 0 Å². The first-order valence-electron chi connectivity index (χ1n) is 12.7. The number of nitrogens with zero attached hydrogens (tertiary/aromatic N) is 4. The lowest BCUT2D eigenvalue weighted by Gasteiger charge is -2.28. The number of amides is 2. The zero-order valence-electron chi connectivity index (χ0n) is 22.7. The van der Waals surface area contributed by atoms with Crippen LogP contribution in [-0.2, 0) is 25.6 Å². The van der Waals surface area contributed by atoms with E-state index in [0.717, 1.165) is 0 Å². The summed E-state index contributed by atoms with van der Waals surface area (Å²) in [6.07, 6.45) is 3.36. The number of carbonyl (C=O) groups is 2. The van der Waals surface area contributed by atoms with Crippen LogP contribution in [-0.4, -0.2) is 71.7 Å². The number of hydrogen-bond acceptors (Lipinski definition) is 7. The third kappa shape index (κ3) is 6.51. The van der Waals surface area contributed by atoms with Gasteiger partial charge in [-0.15, -0.1) is 0 Å². The molecule has 0 unspecified atom stereocenters. The average Bonchev–Trinajstić information content (AvgIpc) is 3.51. The topological polar surface area (TPSA) is 98.2 Å². The Labute approximate surface area is 222 Å². The highest BCUT2D eigenvalue weighted by molar-refractivity contribution is 5.99. The Morgan fingerprint density at radius 2 is 2.08 bits per heavy atom. The Balaban J connectivity index is 1.41. The summed E-state index contributed by atoms with van der Waals surface area (Å²) < 4.78 is 33.7. The Morgan fingerprint density at radius 1 is 1.32 bits per heavy atom. The summed E-state index contributed by atoms with van der Waals surface area (Å²) in [6.45, 7) is 8.68. The van der Waals surface area contributed by atoms with Gasteiger partial charge in [0, 0.05) is 32.4 Å². The van der Waals surface area contributed by atoms with E-state index in [-0.39, 0.29) is 41.9 Å². The van der Waals surface area contributed by atoms with Crippen molar-refractivity contribution in [2.75, 3.05) is 37.5 Å². The number of ether oxygens (including phenoxy) is 3. The predicted octanol–water partition coefficient (Wildman–Crippen LogP) is 3.40. The fourth-order valence-corrected chi connectivity index (χ4v) is 4.53. The monoisotopic (exact) mass is 529 g/mol. The maximum atomic E-state index is 14.9. The van der Waals surface area contributed by atoms with Crippen molar-refractivity contribution in [3.8, 4) is 5.75 Å². The van der Waals surface area contributed by atoms with Crippen molar-refractivity contribution in [3.63, 3.8) is 0 Å². The van der Waals surface area contributed by atoms with Crippen molar-refractivity contribution in [2.24, 2.45) is 5.92 Å². The molecule has 2 amide bonds. The molecule has 0 bridgehead atoms. The zero-order chi connectivity index (χ0) is 27.6. The second kappa shape index (κ2) is 11.1. The summed E-state index contributed by atoms with van der Waals surface area (Å²) in [5.41, 5.74) is 0.372.